The van der Waals surface area contributed by atoms with E-state index in [1.54, 1.807) is 30.6 Å². The lowest BCUT2D eigenvalue weighted by Crippen LogP contribution is -2.40. The number of ether oxygens (including phenoxy) is 1. The van der Waals surface area contributed by atoms with Gasteiger partial charge in [0, 0.05) is 25.7 Å². The summed E-state index contributed by atoms with van der Waals surface area (Å²) >= 11 is 0. The molecule has 1 N–H and O–H groups in total. The summed E-state index contributed by atoms with van der Waals surface area (Å²) in [6.45, 7) is 1.53. The van der Waals surface area contributed by atoms with Crippen LogP contribution in [-0.4, -0.2) is 54.5 Å². The van der Waals surface area contributed by atoms with Crippen molar-refractivity contribution in [2.75, 3.05) is 26.3 Å². The third-order valence-corrected chi connectivity index (χ3v) is 7.99. The fourth-order valence-electron chi connectivity index (χ4n) is 4.35. The Kier molecular flexibility index (Phi) is 5.04. The number of morpholine rings is 1. The Bertz CT molecular complexity index is 1260. The van der Waals surface area contributed by atoms with E-state index < -0.39 is 10.0 Å². The van der Waals surface area contributed by atoms with Crippen molar-refractivity contribution in [3.63, 3.8) is 0 Å². The average Bonchev–Trinajstić information content (AvgIpc) is 3.37. The Morgan fingerprint density at radius 2 is 1.97 bits per heavy atom. The number of benzene rings is 2. The first-order valence-electron chi connectivity index (χ1n) is 10.4. The van der Waals surface area contributed by atoms with Crippen LogP contribution in [0.15, 0.2) is 47.6 Å². The van der Waals surface area contributed by atoms with Gasteiger partial charge in [-0.25, -0.2) is 13.4 Å². The van der Waals surface area contributed by atoms with E-state index in [0.717, 1.165) is 35.0 Å². The van der Waals surface area contributed by atoms with E-state index >= 15 is 0 Å². The largest absolute Gasteiger partial charge is 0.379 e. The van der Waals surface area contributed by atoms with Gasteiger partial charge in [0.25, 0.3) is 5.91 Å². The van der Waals surface area contributed by atoms with Gasteiger partial charge in [-0.2, -0.15) is 4.31 Å². The molecule has 1 aliphatic carbocycles. The molecule has 31 heavy (non-hydrogen) atoms. The number of fused-ring (bicyclic) bond motifs is 2. The van der Waals surface area contributed by atoms with E-state index in [-0.39, 0.29) is 16.8 Å². The molecule has 5 rings (SSSR count). The first kappa shape index (κ1) is 20.2. The van der Waals surface area contributed by atoms with Crippen molar-refractivity contribution in [1.82, 2.24) is 19.2 Å². The van der Waals surface area contributed by atoms with Crippen molar-refractivity contribution in [1.29, 1.82) is 0 Å². The van der Waals surface area contributed by atoms with Gasteiger partial charge in [-0.3, -0.25) is 4.79 Å². The summed E-state index contributed by atoms with van der Waals surface area (Å²) in [6.07, 6.45) is 3.27. The fraction of sp³-hybridized carbons (Fsp3) is 0.364. The number of nitrogens with one attached hydrogen (secondary N) is 1. The van der Waals surface area contributed by atoms with E-state index in [1.807, 2.05) is 23.7 Å². The van der Waals surface area contributed by atoms with E-state index in [0.29, 0.717) is 31.9 Å². The summed E-state index contributed by atoms with van der Waals surface area (Å²) in [5.74, 6) is -0.188. The van der Waals surface area contributed by atoms with Gasteiger partial charge in [0.05, 0.1) is 41.5 Å². The van der Waals surface area contributed by atoms with Gasteiger partial charge in [0.15, 0.2) is 0 Å². The molecule has 1 amide bonds. The molecular weight excluding hydrogens is 416 g/mol. The lowest BCUT2D eigenvalue weighted by Gasteiger charge is -2.26. The molecule has 1 aliphatic heterocycles. The van der Waals surface area contributed by atoms with Crippen molar-refractivity contribution < 1.29 is 17.9 Å². The van der Waals surface area contributed by atoms with Gasteiger partial charge in [-0.15, -0.1) is 0 Å². The number of amides is 1. The molecule has 2 aromatic carbocycles. The summed E-state index contributed by atoms with van der Waals surface area (Å²) < 4.78 is 34.7. The molecule has 1 saturated heterocycles. The van der Waals surface area contributed by atoms with Crippen LogP contribution in [0, 0.1) is 0 Å². The third-order valence-electron chi connectivity index (χ3n) is 6.10. The van der Waals surface area contributed by atoms with E-state index in [4.69, 9.17) is 4.74 Å². The van der Waals surface area contributed by atoms with Crippen LogP contribution < -0.4 is 5.32 Å². The van der Waals surface area contributed by atoms with Gasteiger partial charge in [-0.1, -0.05) is 6.07 Å². The lowest BCUT2D eigenvalue weighted by molar-refractivity contribution is 0.0730. The Hall–Kier alpha value is -2.75. The van der Waals surface area contributed by atoms with Crippen LogP contribution in [0.4, 0.5) is 0 Å². The summed E-state index contributed by atoms with van der Waals surface area (Å²) in [5.41, 5.74) is 4.21. The molecule has 2 heterocycles. The maximum absolute atomic E-state index is 13.0. The number of aryl methyl sites for hydroxylation is 2. The maximum Gasteiger partial charge on any atom is 0.251 e. The molecule has 162 valence electrons. The molecule has 2 aliphatic rings. The quantitative estimate of drug-likeness (QED) is 0.670. The second kappa shape index (κ2) is 7.74. The molecule has 8 nitrogen and oxygen atoms in total. The fourth-order valence-corrected chi connectivity index (χ4v) is 5.79. The first-order chi connectivity index (χ1) is 14.9. The van der Waals surface area contributed by atoms with Crippen molar-refractivity contribution in [2.24, 2.45) is 7.05 Å². The molecular formula is C22H24N4O4S. The lowest BCUT2D eigenvalue weighted by atomic mass is 10.1. The zero-order valence-electron chi connectivity index (χ0n) is 17.2. The minimum Gasteiger partial charge on any atom is -0.379 e. The molecule has 0 saturated carbocycles. The molecule has 1 fully saturated rings. The summed E-state index contributed by atoms with van der Waals surface area (Å²) in [5, 5.41) is 3.08. The monoisotopic (exact) mass is 440 g/mol. The second-order valence-corrected chi connectivity index (χ2v) is 9.94. The third kappa shape index (κ3) is 3.62. The Balaban J connectivity index is 1.39. The second-order valence-electron chi connectivity index (χ2n) is 8.00. The maximum atomic E-state index is 13.0. The van der Waals surface area contributed by atoms with Gasteiger partial charge in [0.2, 0.25) is 10.0 Å². The number of aromatic nitrogens is 2. The molecule has 1 atom stereocenters. The van der Waals surface area contributed by atoms with Crippen molar-refractivity contribution in [3.05, 3.63) is 59.4 Å². The Labute approximate surface area is 180 Å². The normalized spacial score (nSPS) is 19.5. The van der Waals surface area contributed by atoms with Gasteiger partial charge >= 0.3 is 0 Å². The van der Waals surface area contributed by atoms with Crippen molar-refractivity contribution in [3.8, 4) is 0 Å². The predicted molar refractivity (Wildman–Crippen MR) is 115 cm³/mol. The van der Waals surface area contributed by atoms with Crippen molar-refractivity contribution >= 4 is 27.0 Å². The number of carbonyl (C=O) groups is 1. The minimum absolute atomic E-state index is 0.188. The predicted octanol–water partition coefficient (Wildman–Crippen LogP) is 2.01. The highest BCUT2D eigenvalue weighted by Gasteiger charge is 2.30. The standard InChI is InChI=1S/C22H24N4O4S/c1-25-14-23-20-12-16(4-7-21(20)25)22(27)24-19-6-3-15-2-5-17(13-18(15)19)31(28,29)26-8-10-30-11-9-26/h2,4-5,7,12-14,19H,3,6,8-11H2,1H3,(H,24,27)/t19-/m0/s1. The molecule has 0 unspecified atom stereocenters. The zero-order chi connectivity index (χ0) is 21.6. The van der Waals surface area contributed by atoms with E-state index in [1.165, 1.54) is 4.31 Å². The van der Waals surface area contributed by atoms with Crippen LogP contribution in [0.1, 0.15) is 33.9 Å². The number of hydrogen-bond acceptors (Lipinski definition) is 5. The summed E-state index contributed by atoms with van der Waals surface area (Å²) in [7, 11) is -1.67. The van der Waals surface area contributed by atoms with Gasteiger partial charge in [0.1, 0.15) is 0 Å². The highest BCUT2D eigenvalue weighted by Crippen LogP contribution is 2.34. The number of rotatable bonds is 4. The summed E-state index contributed by atoms with van der Waals surface area (Å²) in [6, 6.07) is 10.5. The van der Waals surface area contributed by atoms with Crippen LogP contribution in [0.2, 0.25) is 0 Å². The SMILES string of the molecule is Cn1cnc2cc(C(=O)N[C@H]3CCc4ccc(S(=O)(=O)N5CCOCC5)cc43)ccc21. The highest BCUT2D eigenvalue weighted by molar-refractivity contribution is 7.89. The molecule has 0 bridgehead atoms. The number of carbonyl (C=O) groups excluding carboxylic acids is 1. The van der Waals surface area contributed by atoms with Crippen LogP contribution in [0.3, 0.4) is 0 Å². The molecule has 9 heteroatoms. The number of imidazole rings is 1. The molecule has 0 radical (unpaired) electrons. The topological polar surface area (TPSA) is 93.5 Å². The summed E-state index contributed by atoms with van der Waals surface area (Å²) in [4.78, 5) is 17.5. The van der Waals surface area contributed by atoms with E-state index in [2.05, 4.69) is 10.3 Å². The van der Waals surface area contributed by atoms with Gasteiger partial charge in [-0.05, 0) is 54.3 Å². The molecule has 1 aromatic heterocycles. The molecule has 3 aromatic rings. The number of sulfonamides is 1. The minimum atomic E-state index is -3.58. The first-order valence-corrected chi connectivity index (χ1v) is 11.8. The van der Waals surface area contributed by atoms with Crippen LogP contribution >= 0.6 is 0 Å². The number of nitrogens with zero attached hydrogens (tertiary/aromatic N) is 3. The van der Waals surface area contributed by atoms with E-state index in [9.17, 15) is 13.2 Å². The Morgan fingerprint density at radius 1 is 1.16 bits per heavy atom. The average molecular weight is 441 g/mol. The van der Waals surface area contributed by atoms with Crippen LogP contribution in [-0.2, 0) is 28.2 Å². The van der Waals surface area contributed by atoms with Crippen molar-refractivity contribution in [2.45, 2.75) is 23.8 Å². The van der Waals surface area contributed by atoms with Gasteiger partial charge < -0.3 is 14.6 Å². The van der Waals surface area contributed by atoms with Crippen LogP contribution in [0.5, 0.6) is 0 Å². The zero-order valence-corrected chi connectivity index (χ0v) is 18.1. The number of hydrogen-bond donors (Lipinski definition) is 1. The highest BCUT2D eigenvalue weighted by atomic mass is 32.2. The smallest absolute Gasteiger partial charge is 0.251 e. The Morgan fingerprint density at radius 3 is 2.77 bits per heavy atom. The van der Waals surface area contributed by atoms with Crippen LogP contribution in [0.25, 0.3) is 11.0 Å². The molecule has 0 spiro atoms.